The number of benzene rings is 2. The quantitative estimate of drug-likeness (QED) is 0.481. The van der Waals surface area contributed by atoms with Crippen molar-refractivity contribution in [2.24, 2.45) is 0 Å². The second-order valence-corrected chi connectivity index (χ2v) is 7.33. The number of carbonyl (C=O) groups excluding carboxylic acids is 1. The predicted octanol–water partition coefficient (Wildman–Crippen LogP) is 4.54. The number of nitrogens with zero attached hydrogens (tertiary/aromatic N) is 4. The minimum absolute atomic E-state index is 0.236. The number of carbonyl (C=O) groups is 1. The number of nitrogens with one attached hydrogen (secondary N) is 1. The van der Waals surface area contributed by atoms with Gasteiger partial charge in [-0.25, -0.2) is 0 Å². The maximum atomic E-state index is 12.5. The summed E-state index contributed by atoms with van der Waals surface area (Å²) in [6, 6.07) is 13.0. The number of rotatable bonds is 5. The smallest absolute Gasteiger partial charge is 0.257 e. The summed E-state index contributed by atoms with van der Waals surface area (Å²) in [6.45, 7) is 4.48. The van der Waals surface area contributed by atoms with Gasteiger partial charge in [0, 0.05) is 22.6 Å². The number of aryl methyl sites for hydroxylation is 1. The maximum Gasteiger partial charge on any atom is 0.257 e. The number of amides is 1. The molecule has 0 aliphatic heterocycles. The Balaban J connectivity index is 1.62. The normalized spacial score (nSPS) is 10.9. The van der Waals surface area contributed by atoms with Crippen LogP contribution in [0.25, 0.3) is 16.7 Å². The molecule has 0 fully saturated rings. The number of pyridine rings is 1. The molecule has 0 aliphatic rings. The minimum atomic E-state index is -0.236. The van der Waals surface area contributed by atoms with Gasteiger partial charge in [-0.2, -0.15) is 4.80 Å². The summed E-state index contributed by atoms with van der Waals surface area (Å²) in [5.41, 5.74) is 4.31. The molecular formula is C21H18BrN5O2. The van der Waals surface area contributed by atoms with Crippen molar-refractivity contribution in [3.8, 4) is 11.4 Å². The summed E-state index contributed by atoms with van der Waals surface area (Å²) in [4.78, 5) is 18.1. The zero-order valence-corrected chi connectivity index (χ0v) is 17.5. The maximum absolute atomic E-state index is 12.5. The molecule has 0 saturated carbocycles. The molecule has 2 heterocycles. The summed E-state index contributed by atoms with van der Waals surface area (Å²) < 4.78 is 6.22. The third-order valence-corrected chi connectivity index (χ3v) is 4.75. The highest BCUT2D eigenvalue weighted by molar-refractivity contribution is 9.10. The number of ether oxygens (including phenoxy) is 1. The Bertz CT molecular complexity index is 1190. The zero-order chi connectivity index (χ0) is 20.4. The van der Waals surface area contributed by atoms with Gasteiger partial charge in [0.1, 0.15) is 16.8 Å². The first kappa shape index (κ1) is 19.1. The van der Waals surface area contributed by atoms with E-state index < -0.39 is 0 Å². The summed E-state index contributed by atoms with van der Waals surface area (Å²) in [5, 5.41) is 12.0. The lowest BCUT2D eigenvalue weighted by atomic mass is 10.1. The monoisotopic (exact) mass is 451 g/mol. The van der Waals surface area contributed by atoms with E-state index >= 15 is 0 Å². The van der Waals surface area contributed by atoms with Gasteiger partial charge >= 0.3 is 0 Å². The van der Waals surface area contributed by atoms with Crippen LogP contribution >= 0.6 is 15.9 Å². The Hall–Kier alpha value is -3.26. The standard InChI is InChI=1S/C21H18BrN5O2/c1-3-29-17-6-4-16(5-7-17)27-25-19-8-13(2)18(10-20(19)26-27)24-21(28)14-9-15(22)12-23-11-14/h4-12H,3H2,1-2H3,(H,24,28). The molecule has 4 rings (SSSR count). The second-order valence-electron chi connectivity index (χ2n) is 6.42. The van der Waals surface area contributed by atoms with Crippen molar-refractivity contribution >= 4 is 38.6 Å². The van der Waals surface area contributed by atoms with Crippen molar-refractivity contribution in [3.63, 3.8) is 0 Å². The lowest BCUT2D eigenvalue weighted by molar-refractivity contribution is 0.102. The fourth-order valence-corrected chi connectivity index (χ4v) is 3.26. The summed E-state index contributed by atoms with van der Waals surface area (Å²) in [7, 11) is 0. The predicted molar refractivity (Wildman–Crippen MR) is 115 cm³/mol. The molecule has 0 atom stereocenters. The van der Waals surface area contributed by atoms with Gasteiger partial charge in [0.05, 0.1) is 17.9 Å². The van der Waals surface area contributed by atoms with Crippen molar-refractivity contribution in [2.45, 2.75) is 13.8 Å². The van der Waals surface area contributed by atoms with E-state index in [1.165, 1.54) is 6.20 Å². The molecule has 146 valence electrons. The largest absolute Gasteiger partial charge is 0.494 e. The van der Waals surface area contributed by atoms with E-state index in [0.29, 0.717) is 23.4 Å². The fraction of sp³-hybridized carbons (Fsp3) is 0.143. The Morgan fingerprint density at radius 1 is 1.10 bits per heavy atom. The molecule has 7 nitrogen and oxygen atoms in total. The molecule has 0 spiro atoms. The number of fused-ring (bicyclic) bond motifs is 1. The Morgan fingerprint density at radius 2 is 1.83 bits per heavy atom. The van der Waals surface area contributed by atoms with E-state index in [0.717, 1.165) is 27.0 Å². The Labute approximate surface area is 175 Å². The molecule has 0 saturated heterocycles. The number of aromatic nitrogens is 4. The molecule has 2 aromatic heterocycles. The molecule has 1 amide bonds. The van der Waals surface area contributed by atoms with Gasteiger partial charge in [0.25, 0.3) is 5.91 Å². The summed E-state index contributed by atoms with van der Waals surface area (Å²) in [5.74, 6) is 0.566. The SMILES string of the molecule is CCOc1ccc(-n2nc3cc(C)c(NC(=O)c4cncc(Br)c4)cc3n2)cc1. The fourth-order valence-electron chi connectivity index (χ4n) is 2.89. The third kappa shape index (κ3) is 4.12. The first-order valence-corrected chi connectivity index (χ1v) is 9.85. The molecule has 0 aliphatic carbocycles. The number of hydrogen-bond acceptors (Lipinski definition) is 5. The van der Waals surface area contributed by atoms with Crippen molar-refractivity contribution < 1.29 is 9.53 Å². The van der Waals surface area contributed by atoms with E-state index in [2.05, 4.69) is 36.4 Å². The van der Waals surface area contributed by atoms with Crippen LogP contribution in [0.4, 0.5) is 5.69 Å². The van der Waals surface area contributed by atoms with Crippen LogP contribution in [0.5, 0.6) is 5.75 Å². The minimum Gasteiger partial charge on any atom is -0.494 e. The van der Waals surface area contributed by atoms with Crippen molar-refractivity contribution in [1.82, 2.24) is 20.0 Å². The van der Waals surface area contributed by atoms with Crippen molar-refractivity contribution in [2.75, 3.05) is 11.9 Å². The van der Waals surface area contributed by atoms with Crippen LogP contribution in [0.3, 0.4) is 0 Å². The van der Waals surface area contributed by atoms with Crippen LogP contribution in [0.15, 0.2) is 59.3 Å². The Kier molecular flexibility index (Phi) is 5.26. The van der Waals surface area contributed by atoms with E-state index in [4.69, 9.17) is 4.74 Å². The van der Waals surface area contributed by atoms with Gasteiger partial charge in [0.15, 0.2) is 0 Å². The van der Waals surface area contributed by atoms with Gasteiger partial charge in [-0.3, -0.25) is 9.78 Å². The molecule has 1 N–H and O–H groups in total. The molecule has 2 aromatic carbocycles. The number of anilines is 1. The topological polar surface area (TPSA) is 81.9 Å². The second kappa shape index (κ2) is 8.00. The molecule has 4 aromatic rings. The average molecular weight is 452 g/mol. The summed E-state index contributed by atoms with van der Waals surface area (Å²) in [6.07, 6.45) is 3.16. The Morgan fingerprint density at radius 3 is 2.52 bits per heavy atom. The van der Waals surface area contributed by atoms with E-state index in [1.807, 2.05) is 50.2 Å². The van der Waals surface area contributed by atoms with Gasteiger partial charge in [-0.1, -0.05) is 0 Å². The highest BCUT2D eigenvalue weighted by Crippen LogP contribution is 2.23. The van der Waals surface area contributed by atoms with Crippen LogP contribution in [-0.2, 0) is 0 Å². The van der Waals surface area contributed by atoms with Crippen LogP contribution in [0, 0.1) is 6.92 Å². The van der Waals surface area contributed by atoms with E-state index in [9.17, 15) is 4.79 Å². The van der Waals surface area contributed by atoms with Gasteiger partial charge in [-0.15, -0.1) is 10.2 Å². The lowest BCUT2D eigenvalue weighted by Gasteiger charge is -2.08. The van der Waals surface area contributed by atoms with Crippen molar-refractivity contribution in [1.29, 1.82) is 0 Å². The van der Waals surface area contributed by atoms with Gasteiger partial charge < -0.3 is 10.1 Å². The van der Waals surface area contributed by atoms with Gasteiger partial charge in [-0.05, 0) is 77.8 Å². The molecule has 0 radical (unpaired) electrons. The van der Waals surface area contributed by atoms with E-state index in [1.54, 1.807) is 17.1 Å². The zero-order valence-electron chi connectivity index (χ0n) is 15.9. The molecular weight excluding hydrogens is 434 g/mol. The summed E-state index contributed by atoms with van der Waals surface area (Å²) >= 11 is 3.33. The number of halogens is 1. The molecule has 29 heavy (non-hydrogen) atoms. The highest BCUT2D eigenvalue weighted by Gasteiger charge is 2.12. The molecule has 0 bridgehead atoms. The average Bonchev–Trinajstić information content (AvgIpc) is 3.11. The van der Waals surface area contributed by atoms with Crippen LogP contribution in [0.2, 0.25) is 0 Å². The van der Waals surface area contributed by atoms with Crippen LogP contribution in [-0.4, -0.2) is 32.5 Å². The lowest BCUT2D eigenvalue weighted by Crippen LogP contribution is -2.13. The number of hydrogen-bond donors (Lipinski definition) is 1. The first-order valence-electron chi connectivity index (χ1n) is 9.06. The van der Waals surface area contributed by atoms with Crippen molar-refractivity contribution in [3.05, 3.63) is 70.5 Å². The first-order chi connectivity index (χ1) is 14.0. The highest BCUT2D eigenvalue weighted by atomic mass is 79.9. The molecule has 0 unspecified atom stereocenters. The van der Waals surface area contributed by atoms with E-state index in [-0.39, 0.29) is 5.91 Å². The van der Waals surface area contributed by atoms with Crippen LogP contribution < -0.4 is 10.1 Å². The van der Waals surface area contributed by atoms with Crippen LogP contribution in [0.1, 0.15) is 22.8 Å². The molecule has 8 heteroatoms. The van der Waals surface area contributed by atoms with Gasteiger partial charge in [0.2, 0.25) is 0 Å². The third-order valence-electron chi connectivity index (χ3n) is 4.32.